The average Bonchev–Trinajstić information content (AvgIpc) is 2.53. The van der Waals surface area contributed by atoms with E-state index in [0.717, 1.165) is 0 Å². The number of hydrogen-bond acceptors (Lipinski definition) is 5. The third-order valence-corrected chi connectivity index (χ3v) is 2.77. The van der Waals surface area contributed by atoms with E-state index < -0.39 is 17.8 Å². The first-order valence-corrected chi connectivity index (χ1v) is 6.54. The van der Waals surface area contributed by atoms with Crippen LogP contribution in [0, 0.1) is 0 Å². The van der Waals surface area contributed by atoms with Crippen LogP contribution in [0.5, 0.6) is 5.75 Å². The van der Waals surface area contributed by atoms with Crippen LogP contribution in [0.2, 0.25) is 0 Å². The fourth-order valence-electron chi connectivity index (χ4n) is 1.74. The molecule has 0 aliphatic heterocycles. The van der Waals surface area contributed by atoms with E-state index in [-0.39, 0.29) is 11.4 Å². The maximum atomic E-state index is 12.1. The fourth-order valence-corrected chi connectivity index (χ4v) is 1.74. The number of alkyl halides is 2. The summed E-state index contributed by atoms with van der Waals surface area (Å²) in [7, 11) is 1.61. The highest BCUT2D eigenvalue weighted by Gasteiger charge is 2.11. The second-order valence-corrected chi connectivity index (χ2v) is 4.33. The lowest BCUT2D eigenvalue weighted by molar-refractivity contribution is -0.0498. The number of allylic oxidation sites excluding steroid dienone is 1. The van der Waals surface area contributed by atoms with E-state index in [9.17, 15) is 18.4 Å². The van der Waals surface area contributed by atoms with Gasteiger partial charge in [0, 0.05) is 31.6 Å². The van der Waals surface area contributed by atoms with Gasteiger partial charge in [-0.05, 0) is 24.3 Å². The average molecular weight is 321 g/mol. The smallest absolute Gasteiger partial charge is 0.387 e. The van der Waals surface area contributed by atoms with E-state index in [1.807, 2.05) is 0 Å². The second kappa shape index (κ2) is 7.30. The molecule has 0 aliphatic rings. The summed E-state index contributed by atoms with van der Waals surface area (Å²) >= 11 is 0. The number of ether oxygens (including phenoxy) is 1. The quantitative estimate of drug-likeness (QED) is 0.648. The molecule has 6 nitrogen and oxygen atoms in total. The summed E-state index contributed by atoms with van der Waals surface area (Å²) in [6.07, 6.45) is 3.95. The minimum atomic E-state index is -2.91. The molecule has 0 atom stereocenters. The van der Waals surface area contributed by atoms with Gasteiger partial charge in [-0.15, -0.1) is 0 Å². The Morgan fingerprint density at radius 2 is 2.00 bits per heavy atom. The Bertz CT molecular complexity index is 770. The predicted octanol–water partition coefficient (Wildman–Crippen LogP) is 1.75. The van der Waals surface area contributed by atoms with Crippen molar-refractivity contribution < 1.29 is 18.3 Å². The fraction of sp³-hybridized carbons (Fsp3) is 0.133. The van der Waals surface area contributed by atoms with Crippen molar-refractivity contribution in [3.8, 4) is 11.4 Å². The Kier molecular flexibility index (Phi) is 5.19. The van der Waals surface area contributed by atoms with Gasteiger partial charge in [0.15, 0.2) is 5.69 Å². The maximum absolute atomic E-state index is 12.1. The zero-order chi connectivity index (χ0) is 16.8. The highest BCUT2D eigenvalue weighted by molar-refractivity contribution is 6.02. The standard InChI is InChI=1S/C15H13F2N3O3/c1-18-8-6-12(21)14-13(22)7-9-20(19-14)10-2-4-11(5-3-10)23-15(16)17/h2-9,15,18H,1H3/b8-6+. The Morgan fingerprint density at radius 1 is 1.30 bits per heavy atom. The Hall–Kier alpha value is -3.03. The van der Waals surface area contributed by atoms with Crippen LogP contribution >= 0.6 is 0 Å². The Balaban J connectivity index is 2.32. The molecule has 0 radical (unpaired) electrons. The van der Waals surface area contributed by atoms with Gasteiger partial charge in [-0.1, -0.05) is 0 Å². The molecular formula is C15H13F2N3O3. The number of aromatic nitrogens is 2. The predicted molar refractivity (Wildman–Crippen MR) is 79.0 cm³/mol. The topological polar surface area (TPSA) is 73.2 Å². The van der Waals surface area contributed by atoms with E-state index in [1.165, 1.54) is 53.5 Å². The number of ketones is 1. The van der Waals surface area contributed by atoms with Gasteiger partial charge in [0.25, 0.3) is 0 Å². The van der Waals surface area contributed by atoms with Crippen molar-refractivity contribution in [1.29, 1.82) is 0 Å². The first-order chi connectivity index (χ1) is 11.0. The largest absolute Gasteiger partial charge is 0.435 e. The van der Waals surface area contributed by atoms with Crippen molar-refractivity contribution in [2.75, 3.05) is 7.05 Å². The van der Waals surface area contributed by atoms with Gasteiger partial charge in [-0.2, -0.15) is 13.9 Å². The van der Waals surface area contributed by atoms with Gasteiger partial charge < -0.3 is 10.1 Å². The van der Waals surface area contributed by atoms with E-state index in [0.29, 0.717) is 5.69 Å². The molecule has 0 aliphatic carbocycles. The molecular weight excluding hydrogens is 308 g/mol. The van der Waals surface area contributed by atoms with E-state index in [1.54, 1.807) is 7.05 Å². The van der Waals surface area contributed by atoms with Crippen molar-refractivity contribution in [2.24, 2.45) is 0 Å². The van der Waals surface area contributed by atoms with Crippen molar-refractivity contribution in [3.63, 3.8) is 0 Å². The molecule has 1 N–H and O–H groups in total. The van der Waals surface area contributed by atoms with Gasteiger partial charge >= 0.3 is 6.61 Å². The number of hydrogen-bond donors (Lipinski definition) is 1. The minimum absolute atomic E-state index is 0.00181. The molecule has 1 aromatic heterocycles. The number of rotatable bonds is 6. The van der Waals surface area contributed by atoms with Crippen LogP contribution in [-0.2, 0) is 0 Å². The molecule has 0 fully saturated rings. The molecule has 0 spiro atoms. The summed E-state index contributed by atoms with van der Waals surface area (Å²) in [5.41, 5.74) is -0.269. The molecule has 1 aromatic carbocycles. The Labute approximate surface area is 130 Å². The Morgan fingerprint density at radius 3 is 2.61 bits per heavy atom. The summed E-state index contributed by atoms with van der Waals surface area (Å²) in [6.45, 7) is -2.91. The van der Waals surface area contributed by atoms with Gasteiger partial charge in [-0.25, -0.2) is 4.68 Å². The summed E-state index contributed by atoms with van der Waals surface area (Å²) < 4.78 is 29.8. The first kappa shape index (κ1) is 16.3. The van der Waals surface area contributed by atoms with Crippen LogP contribution in [0.3, 0.4) is 0 Å². The molecule has 0 unspecified atom stereocenters. The van der Waals surface area contributed by atoms with Gasteiger partial charge in [-0.3, -0.25) is 9.59 Å². The van der Waals surface area contributed by atoms with Crippen molar-refractivity contribution in [1.82, 2.24) is 15.1 Å². The van der Waals surface area contributed by atoms with Crippen LogP contribution in [-0.4, -0.2) is 29.2 Å². The van der Waals surface area contributed by atoms with Gasteiger partial charge in [0.1, 0.15) is 5.75 Å². The summed E-state index contributed by atoms with van der Waals surface area (Å²) in [6, 6.07) is 6.84. The number of benzene rings is 1. The van der Waals surface area contributed by atoms with Crippen molar-refractivity contribution in [2.45, 2.75) is 6.61 Å². The van der Waals surface area contributed by atoms with Crippen LogP contribution in [0.15, 0.2) is 53.6 Å². The van der Waals surface area contributed by atoms with Crippen LogP contribution in [0.25, 0.3) is 5.69 Å². The number of carbonyl (C=O) groups excluding carboxylic acids is 1. The van der Waals surface area contributed by atoms with E-state index >= 15 is 0 Å². The summed E-state index contributed by atoms with van der Waals surface area (Å²) in [5.74, 6) is -0.547. The number of halogens is 2. The zero-order valence-corrected chi connectivity index (χ0v) is 12.1. The van der Waals surface area contributed by atoms with Gasteiger partial charge in [0.2, 0.25) is 11.2 Å². The molecule has 0 saturated heterocycles. The molecule has 1 heterocycles. The molecule has 2 aromatic rings. The normalized spacial score (nSPS) is 11.0. The van der Waals surface area contributed by atoms with Crippen LogP contribution in [0.4, 0.5) is 8.78 Å². The zero-order valence-electron chi connectivity index (χ0n) is 12.1. The first-order valence-electron chi connectivity index (χ1n) is 6.54. The molecule has 8 heteroatoms. The van der Waals surface area contributed by atoms with E-state index in [4.69, 9.17) is 0 Å². The number of carbonyl (C=O) groups is 1. The minimum Gasteiger partial charge on any atom is -0.435 e. The summed E-state index contributed by atoms with van der Waals surface area (Å²) in [4.78, 5) is 23.6. The van der Waals surface area contributed by atoms with Gasteiger partial charge in [0.05, 0.1) is 5.69 Å². The molecule has 120 valence electrons. The van der Waals surface area contributed by atoms with Crippen molar-refractivity contribution in [3.05, 3.63) is 64.7 Å². The molecule has 0 saturated carbocycles. The molecule has 0 bridgehead atoms. The SMILES string of the molecule is CN/C=C/C(=O)c1nn(-c2ccc(OC(F)F)cc2)ccc1=O. The maximum Gasteiger partial charge on any atom is 0.387 e. The lowest BCUT2D eigenvalue weighted by Gasteiger charge is -2.08. The highest BCUT2D eigenvalue weighted by Crippen LogP contribution is 2.16. The third-order valence-electron chi connectivity index (χ3n) is 2.77. The number of nitrogens with one attached hydrogen (secondary N) is 1. The highest BCUT2D eigenvalue weighted by atomic mass is 19.3. The van der Waals surface area contributed by atoms with E-state index in [2.05, 4.69) is 15.2 Å². The summed E-state index contributed by atoms with van der Waals surface area (Å²) in [5, 5.41) is 6.62. The lowest BCUT2D eigenvalue weighted by atomic mass is 10.2. The lowest BCUT2D eigenvalue weighted by Crippen LogP contribution is -2.19. The second-order valence-electron chi connectivity index (χ2n) is 4.33. The van der Waals surface area contributed by atoms with Crippen molar-refractivity contribution >= 4 is 5.78 Å². The molecule has 2 rings (SSSR count). The molecule has 23 heavy (non-hydrogen) atoms. The third kappa shape index (κ3) is 4.22. The number of nitrogens with zero attached hydrogens (tertiary/aromatic N) is 2. The monoisotopic (exact) mass is 321 g/mol. The molecule has 0 amide bonds. The van der Waals surface area contributed by atoms with Crippen LogP contribution < -0.4 is 15.5 Å². The van der Waals surface area contributed by atoms with Crippen LogP contribution in [0.1, 0.15) is 10.5 Å².